The van der Waals surface area contributed by atoms with E-state index in [9.17, 15) is 22.4 Å². The number of halogens is 4. The Morgan fingerprint density at radius 2 is 1.86 bits per heavy atom. The van der Waals surface area contributed by atoms with E-state index in [2.05, 4.69) is 5.32 Å². The molecule has 0 unspecified atom stereocenters. The van der Waals surface area contributed by atoms with Crippen molar-refractivity contribution in [2.24, 2.45) is 0 Å². The van der Waals surface area contributed by atoms with E-state index in [0.29, 0.717) is 12.1 Å². The lowest BCUT2D eigenvalue weighted by Crippen LogP contribution is -2.15. The first-order valence-electron chi connectivity index (χ1n) is 5.99. The molecule has 1 N–H and O–H groups in total. The van der Waals surface area contributed by atoms with E-state index in [-0.39, 0.29) is 16.8 Å². The lowest BCUT2D eigenvalue weighted by molar-refractivity contribution is -0.140. The summed E-state index contributed by atoms with van der Waals surface area (Å²) in [6, 6.07) is 9.72. The van der Waals surface area contributed by atoms with E-state index in [4.69, 9.17) is 5.26 Å². The van der Waals surface area contributed by atoms with E-state index < -0.39 is 23.5 Å². The molecule has 2 aromatic rings. The molecule has 0 saturated heterocycles. The molecule has 0 radical (unpaired) electrons. The normalized spacial score (nSPS) is 10.9. The molecule has 3 nitrogen and oxygen atoms in total. The maximum Gasteiger partial charge on any atom is 0.419 e. The van der Waals surface area contributed by atoms with E-state index in [1.807, 2.05) is 6.07 Å². The SMILES string of the molecule is N#Cc1cccc(NC(=O)c2ccc(F)c(C(F)(F)F)c2)c1. The van der Waals surface area contributed by atoms with Gasteiger partial charge in [0.2, 0.25) is 0 Å². The molecule has 0 aliphatic rings. The van der Waals surface area contributed by atoms with Gasteiger partial charge in [-0.3, -0.25) is 4.79 Å². The Morgan fingerprint density at radius 1 is 1.14 bits per heavy atom. The molecule has 7 heteroatoms. The fraction of sp³-hybridized carbons (Fsp3) is 0.0667. The summed E-state index contributed by atoms with van der Waals surface area (Å²) >= 11 is 0. The van der Waals surface area contributed by atoms with Crippen molar-refractivity contribution in [3.63, 3.8) is 0 Å². The highest BCUT2D eigenvalue weighted by molar-refractivity contribution is 6.04. The highest BCUT2D eigenvalue weighted by atomic mass is 19.4. The van der Waals surface area contributed by atoms with Crippen LogP contribution in [0.1, 0.15) is 21.5 Å². The van der Waals surface area contributed by atoms with Gasteiger partial charge in [-0.05, 0) is 36.4 Å². The number of benzene rings is 2. The predicted octanol–water partition coefficient (Wildman–Crippen LogP) is 3.97. The van der Waals surface area contributed by atoms with Crippen LogP contribution in [0.2, 0.25) is 0 Å². The molecular formula is C15H8F4N2O. The average molecular weight is 308 g/mol. The molecule has 0 fully saturated rings. The van der Waals surface area contributed by atoms with E-state index in [0.717, 1.165) is 6.07 Å². The molecule has 0 aliphatic carbocycles. The Morgan fingerprint density at radius 3 is 2.50 bits per heavy atom. The van der Waals surface area contributed by atoms with Gasteiger partial charge in [0.25, 0.3) is 5.91 Å². The van der Waals surface area contributed by atoms with Crippen molar-refractivity contribution in [1.29, 1.82) is 5.26 Å². The second kappa shape index (κ2) is 5.85. The molecule has 22 heavy (non-hydrogen) atoms. The highest BCUT2D eigenvalue weighted by Crippen LogP contribution is 2.32. The Kier molecular flexibility index (Phi) is 4.13. The largest absolute Gasteiger partial charge is 0.419 e. The van der Waals surface area contributed by atoms with Crippen LogP contribution in [-0.4, -0.2) is 5.91 Å². The van der Waals surface area contributed by atoms with Gasteiger partial charge < -0.3 is 5.32 Å². The third-order valence-electron chi connectivity index (χ3n) is 2.78. The van der Waals surface area contributed by atoms with Crippen LogP contribution in [0.5, 0.6) is 0 Å². The van der Waals surface area contributed by atoms with Crippen LogP contribution in [-0.2, 0) is 6.18 Å². The lowest BCUT2D eigenvalue weighted by atomic mass is 10.1. The van der Waals surface area contributed by atoms with Crippen LogP contribution < -0.4 is 5.32 Å². The summed E-state index contributed by atoms with van der Waals surface area (Å²) in [4.78, 5) is 11.9. The molecule has 2 aromatic carbocycles. The number of nitrogens with one attached hydrogen (secondary N) is 1. The molecule has 0 bridgehead atoms. The van der Waals surface area contributed by atoms with Gasteiger partial charge in [0.1, 0.15) is 5.82 Å². The van der Waals surface area contributed by atoms with Gasteiger partial charge in [-0.25, -0.2) is 4.39 Å². The maximum atomic E-state index is 13.2. The van der Waals surface area contributed by atoms with E-state index >= 15 is 0 Å². The second-order valence-electron chi connectivity index (χ2n) is 4.34. The zero-order chi connectivity index (χ0) is 16.3. The number of nitrogens with zero attached hydrogens (tertiary/aromatic N) is 1. The van der Waals surface area contributed by atoms with Crippen LogP contribution in [0.25, 0.3) is 0 Å². The van der Waals surface area contributed by atoms with Gasteiger partial charge in [0.15, 0.2) is 0 Å². The third-order valence-corrected chi connectivity index (χ3v) is 2.78. The number of amides is 1. The van der Waals surface area contributed by atoms with Crippen molar-refractivity contribution in [1.82, 2.24) is 0 Å². The summed E-state index contributed by atoms with van der Waals surface area (Å²) in [5.74, 6) is -2.28. The number of alkyl halides is 3. The molecule has 2 rings (SSSR count). The van der Waals surface area contributed by atoms with Gasteiger partial charge in [-0.2, -0.15) is 18.4 Å². The lowest BCUT2D eigenvalue weighted by Gasteiger charge is -2.10. The molecule has 112 valence electrons. The fourth-order valence-corrected chi connectivity index (χ4v) is 1.75. The number of nitriles is 1. The van der Waals surface area contributed by atoms with Crippen LogP contribution in [0.4, 0.5) is 23.2 Å². The minimum atomic E-state index is -4.89. The summed E-state index contributed by atoms with van der Waals surface area (Å²) in [6.07, 6.45) is -4.89. The van der Waals surface area contributed by atoms with Crippen LogP contribution in [0.3, 0.4) is 0 Å². The van der Waals surface area contributed by atoms with E-state index in [1.54, 1.807) is 0 Å². The monoisotopic (exact) mass is 308 g/mol. The van der Waals surface area contributed by atoms with Crippen LogP contribution in [0, 0.1) is 17.1 Å². The Balaban J connectivity index is 2.28. The standard InChI is InChI=1S/C15H8F4N2O/c16-13-5-4-10(7-12(13)15(17,18)19)14(22)21-11-3-1-2-9(6-11)8-20/h1-7H,(H,21,22). The van der Waals surface area contributed by atoms with Crippen molar-refractivity contribution in [2.45, 2.75) is 6.18 Å². The highest BCUT2D eigenvalue weighted by Gasteiger charge is 2.34. The summed E-state index contributed by atoms with van der Waals surface area (Å²) in [7, 11) is 0. The van der Waals surface area contributed by atoms with Gasteiger partial charge in [0.05, 0.1) is 17.2 Å². The molecule has 0 spiro atoms. The van der Waals surface area contributed by atoms with Gasteiger partial charge >= 0.3 is 6.18 Å². The zero-order valence-electron chi connectivity index (χ0n) is 10.9. The van der Waals surface area contributed by atoms with Crippen molar-refractivity contribution in [3.05, 3.63) is 65.0 Å². The first-order valence-corrected chi connectivity index (χ1v) is 5.99. The number of rotatable bonds is 2. The summed E-state index contributed by atoms with van der Waals surface area (Å²) in [6.45, 7) is 0. The molecule has 0 saturated carbocycles. The summed E-state index contributed by atoms with van der Waals surface area (Å²) < 4.78 is 51.0. The first kappa shape index (κ1) is 15.5. The Hall–Kier alpha value is -2.88. The van der Waals surface area contributed by atoms with Gasteiger partial charge in [-0.15, -0.1) is 0 Å². The molecule has 1 amide bonds. The van der Waals surface area contributed by atoms with Crippen molar-refractivity contribution in [2.75, 3.05) is 5.32 Å². The third kappa shape index (κ3) is 3.41. The Bertz CT molecular complexity index is 763. The smallest absolute Gasteiger partial charge is 0.322 e. The van der Waals surface area contributed by atoms with E-state index in [1.165, 1.54) is 24.3 Å². The minimum Gasteiger partial charge on any atom is -0.322 e. The van der Waals surface area contributed by atoms with Crippen molar-refractivity contribution < 1.29 is 22.4 Å². The molecule has 0 aromatic heterocycles. The van der Waals surface area contributed by atoms with Crippen LogP contribution in [0.15, 0.2) is 42.5 Å². The number of anilines is 1. The average Bonchev–Trinajstić information content (AvgIpc) is 2.46. The molecule has 0 heterocycles. The number of carbonyl (C=O) groups excluding carboxylic acids is 1. The fourth-order valence-electron chi connectivity index (χ4n) is 1.75. The van der Waals surface area contributed by atoms with Crippen molar-refractivity contribution in [3.8, 4) is 6.07 Å². The first-order chi connectivity index (χ1) is 10.3. The maximum absolute atomic E-state index is 13.2. The number of hydrogen-bond donors (Lipinski definition) is 1. The number of hydrogen-bond acceptors (Lipinski definition) is 2. The topological polar surface area (TPSA) is 52.9 Å². The predicted molar refractivity (Wildman–Crippen MR) is 70.5 cm³/mol. The van der Waals surface area contributed by atoms with Crippen LogP contribution >= 0.6 is 0 Å². The summed E-state index contributed by atoms with van der Waals surface area (Å²) in [5.41, 5.74) is -1.31. The zero-order valence-corrected chi connectivity index (χ0v) is 10.9. The quantitative estimate of drug-likeness (QED) is 0.854. The van der Waals surface area contributed by atoms with Crippen molar-refractivity contribution >= 4 is 11.6 Å². The number of carbonyl (C=O) groups is 1. The summed E-state index contributed by atoms with van der Waals surface area (Å²) in [5, 5.41) is 11.1. The van der Waals surface area contributed by atoms with Gasteiger partial charge in [-0.1, -0.05) is 6.07 Å². The van der Waals surface area contributed by atoms with Gasteiger partial charge in [0, 0.05) is 11.3 Å². The Labute approximate surface area is 122 Å². The second-order valence-corrected chi connectivity index (χ2v) is 4.34. The molecule has 0 atom stereocenters. The minimum absolute atomic E-state index is 0.252. The molecular weight excluding hydrogens is 300 g/mol. The molecule has 0 aliphatic heterocycles.